The van der Waals surface area contributed by atoms with Gasteiger partial charge in [0.05, 0.1) is 17.6 Å². The monoisotopic (exact) mass is 378 g/mol. The van der Waals surface area contributed by atoms with Crippen molar-refractivity contribution < 1.29 is 0 Å². The lowest BCUT2D eigenvalue weighted by atomic mass is 10.2. The van der Waals surface area contributed by atoms with Crippen molar-refractivity contribution in [3.63, 3.8) is 0 Å². The predicted molar refractivity (Wildman–Crippen MR) is 111 cm³/mol. The summed E-state index contributed by atoms with van der Waals surface area (Å²) in [6.07, 6.45) is 4.11. The minimum Gasteiger partial charge on any atom is -0.320 e. The van der Waals surface area contributed by atoms with Gasteiger partial charge in [0.15, 0.2) is 0 Å². The van der Waals surface area contributed by atoms with E-state index in [0.29, 0.717) is 16.6 Å². The Kier molecular flexibility index (Phi) is 4.79. The highest BCUT2D eigenvalue weighted by Gasteiger charge is 2.10. The largest absolute Gasteiger partial charge is 0.320 e. The minimum absolute atomic E-state index is 0.630. The van der Waals surface area contributed by atoms with Crippen molar-refractivity contribution >= 4 is 46.4 Å². The molecule has 1 heterocycles. The molecule has 3 aromatic carbocycles. The Morgan fingerprint density at radius 2 is 1.62 bits per heavy atom. The highest BCUT2D eigenvalue weighted by molar-refractivity contribution is 6.35. The van der Waals surface area contributed by atoms with Gasteiger partial charge in [-0.1, -0.05) is 77.8 Å². The number of fused-ring (bicyclic) bond motifs is 1. The number of nitrogens with zero attached hydrogens (tertiary/aromatic N) is 2. The van der Waals surface area contributed by atoms with Crippen LogP contribution in [0.15, 0.2) is 72.8 Å². The fraction of sp³-hybridized carbons (Fsp3) is 0.0455. The van der Waals surface area contributed by atoms with Gasteiger partial charge < -0.3 is 4.57 Å². The topological polar surface area (TPSA) is 17.8 Å². The first-order chi connectivity index (χ1) is 12.7. The standard InChI is InChI=1S/C22H16Cl2N2/c23-18-12-11-17(19(24)14-18)15-26-21-9-5-4-8-20(21)25-22(26)13-10-16-6-2-1-3-7-16/h1-14H,15H2/b13-10+. The van der Waals surface area contributed by atoms with Crippen molar-refractivity contribution in [1.29, 1.82) is 0 Å². The first-order valence-electron chi connectivity index (χ1n) is 8.33. The van der Waals surface area contributed by atoms with Crippen LogP contribution in [-0.4, -0.2) is 9.55 Å². The average Bonchev–Trinajstić information content (AvgIpc) is 3.01. The quantitative estimate of drug-likeness (QED) is 0.393. The smallest absolute Gasteiger partial charge is 0.134 e. The van der Waals surface area contributed by atoms with Crippen LogP contribution in [0.1, 0.15) is 17.0 Å². The van der Waals surface area contributed by atoms with Crippen LogP contribution < -0.4 is 0 Å². The van der Waals surface area contributed by atoms with E-state index in [2.05, 4.69) is 28.8 Å². The Hall–Kier alpha value is -2.55. The van der Waals surface area contributed by atoms with Crippen LogP contribution in [0.2, 0.25) is 10.0 Å². The molecule has 0 radical (unpaired) electrons. The summed E-state index contributed by atoms with van der Waals surface area (Å²) in [5.74, 6) is 0.890. The fourth-order valence-electron chi connectivity index (χ4n) is 2.94. The van der Waals surface area contributed by atoms with Crippen molar-refractivity contribution in [1.82, 2.24) is 9.55 Å². The zero-order valence-corrected chi connectivity index (χ0v) is 15.5. The van der Waals surface area contributed by atoms with E-state index in [9.17, 15) is 0 Å². The van der Waals surface area contributed by atoms with E-state index in [1.54, 1.807) is 6.07 Å². The third kappa shape index (κ3) is 3.52. The van der Waals surface area contributed by atoms with E-state index in [-0.39, 0.29) is 0 Å². The summed E-state index contributed by atoms with van der Waals surface area (Å²) in [5, 5.41) is 1.30. The summed E-state index contributed by atoms with van der Waals surface area (Å²) >= 11 is 12.4. The Morgan fingerprint density at radius 1 is 0.846 bits per heavy atom. The summed E-state index contributed by atoms with van der Waals surface area (Å²) < 4.78 is 2.17. The maximum atomic E-state index is 6.39. The first-order valence-corrected chi connectivity index (χ1v) is 9.08. The normalized spacial score (nSPS) is 11.5. The average molecular weight is 379 g/mol. The molecular formula is C22H16Cl2N2. The highest BCUT2D eigenvalue weighted by Crippen LogP contribution is 2.25. The lowest BCUT2D eigenvalue weighted by Gasteiger charge is -2.09. The van der Waals surface area contributed by atoms with Crippen LogP contribution in [0.4, 0.5) is 0 Å². The molecule has 0 saturated carbocycles. The molecule has 0 aliphatic carbocycles. The summed E-state index contributed by atoms with van der Waals surface area (Å²) in [4.78, 5) is 4.78. The maximum absolute atomic E-state index is 6.39. The molecule has 0 N–H and O–H groups in total. The van der Waals surface area contributed by atoms with Crippen LogP contribution in [-0.2, 0) is 6.54 Å². The van der Waals surface area contributed by atoms with E-state index in [1.165, 1.54) is 0 Å². The molecule has 0 saturated heterocycles. The van der Waals surface area contributed by atoms with Gasteiger partial charge in [-0.3, -0.25) is 0 Å². The second-order valence-corrected chi connectivity index (χ2v) is 6.87. The molecule has 0 aliphatic heterocycles. The van der Waals surface area contributed by atoms with Crippen LogP contribution in [0.25, 0.3) is 23.2 Å². The van der Waals surface area contributed by atoms with Crippen molar-refractivity contribution in [2.75, 3.05) is 0 Å². The van der Waals surface area contributed by atoms with E-state index in [4.69, 9.17) is 28.2 Å². The summed E-state index contributed by atoms with van der Waals surface area (Å²) in [6.45, 7) is 0.630. The zero-order chi connectivity index (χ0) is 17.9. The zero-order valence-electron chi connectivity index (χ0n) is 13.9. The van der Waals surface area contributed by atoms with Gasteiger partial charge in [-0.05, 0) is 41.5 Å². The van der Waals surface area contributed by atoms with Crippen molar-refractivity contribution in [3.8, 4) is 0 Å². The Labute approximate surface area is 162 Å². The minimum atomic E-state index is 0.630. The van der Waals surface area contributed by atoms with Gasteiger partial charge in [-0.2, -0.15) is 0 Å². The molecule has 0 aliphatic rings. The van der Waals surface area contributed by atoms with Gasteiger partial charge >= 0.3 is 0 Å². The van der Waals surface area contributed by atoms with E-state index >= 15 is 0 Å². The lowest BCUT2D eigenvalue weighted by Crippen LogP contribution is -2.02. The van der Waals surface area contributed by atoms with Gasteiger partial charge in [0, 0.05) is 10.0 Å². The summed E-state index contributed by atoms with van der Waals surface area (Å²) in [6, 6.07) is 23.9. The number of aromatic nitrogens is 2. The summed E-state index contributed by atoms with van der Waals surface area (Å²) in [7, 11) is 0. The molecule has 128 valence electrons. The van der Waals surface area contributed by atoms with Crippen LogP contribution in [0.5, 0.6) is 0 Å². The first kappa shape index (κ1) is 16.9. The number of rotatable bonds is 4. The predicted octanol–water partition coefficient (Wildman–Crippen LogP) is 6.56. The Balaban J connectivity index is 1.78. The van der Waals surface area contributed by atoms with Gasteiger partial charge in [0.2, 0.25) is 0 Å². The van der Waals surface area contributed by atoms with Gasteiger partial charge in [0.25, 0.3) is 0 Å². The van der Waals surface area contributed by atoms with Crippen molar-refractivity contribution in [3.05, 3.63) is 99.8 Å². The SMILES string of the molecule is Clc1ccc(Cn2c(/C=C/c3ccccc3)nc3ccccc32)c(Cl)c1. The molecule has 0 bridgehead atoms. The third-order valence-electron chi connectivity index (χ3n) is 4.25. The molecule has 4 aromatic rings. The third-order valence-corrected chi connectivity index (χ3v) is 4.84. The van der Waals surface area contributed by atoms with Crippen LogP contribution in [0, 0.1) is 0 Å². The molecule has 26 heavy (non-hydrogen) atoms. The molecule has 2 nitrogen and oxygen atoms in total. The van der Waals surface area contributed by atoms with E-state index in [0.717, 1.165) is 28.0 Å². The van der Waals surface area contributed by atoms with Crippen LogP contribution in [0.3, 0.4) is 0 Å². The molecule has 0 unspecified atom stereocenters. The number of benzene rings is 3. The molecular weight excluding hydrogens is 363 g/mol. The van der Waals surface area contributed by atoms with Crippen molar-refractivity contribution in [2.45, 2.75) is 6.54 Å². The van der Waals surface area contributed by atoms with Crippen LogP contribution >= 0.6 is 23.2 Å². The number of para-hydroxylation sites is 2. The summed E-state index contributed by atoms with van der Waals surface area (Å²) in [5.41, 5.74) is 4.18. The molecule has 0 spiro atoms. The molecule has 1 aromatic heterocycles. The maximum Gasteiger partial charge on any atom is 0.134 e. The molecule has 0 amide bonds. The highest BCUT2D eigenvalue weighted by atomic mass is 35.5. The second kappa shape index (κ2) is 7.36. The molecule has 0 atom stereocenters. The number of hydrogen-bond donors (Lipinski definition) is 0. The van der Waals surface area contributed by atoms with Gasteiger partial charge in [-0.25, -0.2) is 4.98 Å². The van der Waals surface area contributed by atoms with E-state index < -0.39 is 0 Å². The molecule has 4 rings (SSSR count). The number of halogens is 2. The fourth-order valence-corrected chi connectivity index (χ4v) is 3.41. The van der Waals surface area contributed by atoms with Crippen molar-refractivity contribution in [2.24, 2.45) is 0 Å². The number of imidazole rings is 1. The number of hydrogen-bond acceptors (Lipinski definition) is 1. The Bertz CT molecular complexity index is 1080. The Morgan fingerprint density at radius 3 is 2.42 bits per heavy atom. The van der Waals surface area contributed by atoms with Gasteiger partial charge in [0.1, 0.15) is 5.82 Å². The van der Waals surface area contributed by atoms with E-state index in [1.807, 2.05) is 54.6 Å². The second-order valence-electron chi connectivity index (χ2n) is 6.02. The molecule has 0 fully saturated rings. The molecule has 4 heteroatoms. The lowest BCUT2D eigenvalue weighted by molar-refractivity contribution is 0.814. The van der Waals surface area contributed by atoms with Gasteiger partial charge in [-0.15, -0.1) is 0 Å².